The first-order chi connectivity index (χ1) is 17.7. The highest BCUT2D eigenvalue weighted by Gasteiger charge is 2.17. The van der Waals surface area contributed by atoms with E-state index in [0.29, 0.717) is 20.9 Å². The average Bonchev–Trinajstić information content (AvgIpc) is 3.37. The predicted molar refractivity (Wildman–Crippen MR) is 149 cm³/mol. The van der Waals surface area contributed by atoms with Gasteiger partial charge in [-0.2, -0.15) is 0 Å². The normalized spacial score (nSPS) is 13.0. The average molecular weight is 509 g/mol. The van der Waals surface area contributed by atoms with Crippen LogP contribution in [0.25, 0.3) is 32.5 Å². The summed E-state index contributed by atoms with van der Waals surface area (Å²) >= 11 is 2.74. The van der Waals surface area contributed by atoms with Gasteiger partial charge in [-0.25, -0.2) is 4.98 Å². The number of carbonyl (C=O) groups is 1. The molecule has 1 aliphatic rings. The minimum absolute atomic E-state index is 0.00304. The van der Waals surface area contributed by atoms with Gasteiger partial charge in [0, 0.05) is 16.5 Å². The van der Waals surface area contributed by atoms with Gasteiger partial charge in [0.1, 0.15) is 4.83 Å². The molecule has 2 heterocycles. The van der Waals surface area contributed by atoms with E-state index in [2.05, 4.69) is 28.2 Å². The van der Waals surface area contributed by atoms with Crippen LogP contribution in [0.2, 0.25) is 0 Å². The van der Waals surface area contributed by atoms with Crippen LogP contribution in [-0.4, -0.2) is 21.5 Å². The Kier molecular flexibility index (Phi) is 6.30. The lowest BCUT2D eigenvalue weighted by atomic mass is 9.89. The summed E-state index contributed by atoms with van der Waals surface area (Å²) in [6.45, 7) is 0. The number of ketones is 1. The van der Waals surface area contributed by atoms with Crippen LogP contribution in [0, 0.1) is 0 Å². The van der Waals surface area contributed by atoms with Crippen molar-refractivity contribution in [3.05, 3.63) is 105 Å². The van der Waals surface area contributed by atoms with Crippen molar-refractivity contribution < 1.29 is 4.79 Å². The zero-order valence-corrected chi connectivity index (χ0v) is 21.3. The van der Waals surface area contributed by atoms with Crippen molar-refractivity contribution in [2.75, 3.05) is 5.75 Å². The van der Waals surface area contributed by atoms with Gasteiger partial charge in [0.25, 0.3) is 5.56 Å². The van der Waals surface area contributed by atoms with Crippen molar-refractivity contribution >= 4 is 39.1 Å². The first kappa shape index (κ1) is 23.0. The quantitative estimate of drug-likeness (QED) is 0.150. The van der Waals surface area contributed by atoms with E-state index in [4.69, 9.17) is 0 Å². The van der Waals surface area contributed by atoms with E-state index in [1.54, 1.807) is 0 Å². The van der Waals surface area contributed by atoms with Crippen molar-refractivity contribution in [2.45, 2.75) is 30.8 Å². The van der Waals surface area contributed by atoms with E-state index in [9.17, 15) is 9.59 Å². The van der Waals surface area contributed by atoms with Crippen LogP contribution < -0.4 is 5.56 Å². The molecule has 0 atom stereocenters. The standard InChI is InChI=1S/C30H24N2O2S2/c33-26(22-13-10-21(11-14-22)19-6-2-1-3-7-19)18-36-30-31-28(34)27-25(17-35-29(27)32-30)24-15-12-20-8-4-5-9-23(20)16-24/h1-3,6-7,10-17H,4-5,8-9,18H2,(H,31,32,34). The van der Waals surface area contributed by atoms with Crippen LogP contribution in [0.15, 0.2) is 88.1 Å². The number of fused-ring (bicyclic) bond motifs is 2. The molecule has 4 nitrogen and oxygen atoms in total. The molecule has 0 saturated carbocycles. The van der Waals surface area contributed by atoms with Crippen molar-refractivity contribution in [2.24, 2.45) is 0 Å². The van der Waals surface area contributed by atoms with Gasteiger partial charge in [-0.05, 0) is 53.5 Å². The highest BCUT2D eigenvalue weighted by atomic mass is 32.2. The Morgan fingerprint density at radius 1 is 0.889 bits per heavy atom. The van der Waals surface area contributed by atoms with Gasteiger partial charge in [-0.15, -0.1) is 11.3 Å². The molecule has 0 spiro atoms. The molecule has 0 amide bonds. The summed E-state index contributed by atoms with van der Waals surface area (Å²) in [5.41, 5.74) is 7.51. The fourth-order valence-electron chi connectivity index (χ4n) is 4.81. The molecular weight excluding hydrogens is 484 g/mol. The number of aromatic amines is 1. The Morgan fingerprint density at radius 2 is 1.61 bits per heavy atom. The first-order valence-electron chi connectivity index (χ1n) is 12.1. The third-order valence-electron chi connectivity index (χ3n) is 6.74. The summed E-state index contributed by atoms with van der Waals surface area (Å²) < 4.78 is 0. The molecule has 6 rings (SSSR count). The van der Waals surface area contributed by atoms with Gasteiger partial charge >= 0.3 is 0 Å². The molecule has 0 saturated heterocycles. The Balaban J connectivity index is 1.19. The van der Waals surface area contributed by atoms with Crippen LogP contribution in [0.3, 0.4) is 0 Å². The number of benzene rings is 3. The summed E-state index contributed by atoms with van der Waals surface area (Å²) in [4.78, 5) is 34.1. The second-order valence-electron chi connectivity index (χ2n) is 9.05. The molecule has 5 aromatic rings. The summed E-state index contributed by atoms with van der Waals surface area (Å²) in [5, 5.41) is 3.12. The molecule has 0 radical (unpaired) electrons. The monoisotopic (exact) mass is 508 g/mol. The van der Waals surface area contributed by atoms with Crippen molar-refractivity contribution in [3.8, 4) is 22.3 Å². The SMILES string of the molecule is O=C(CSc1nc2scc(-c3ccc4c(c3)CCCC4)c2c(=O)[nH]1)c1ccc(-c2ccccc2)cc1. The Morgan fingerprint density at radius 3 is 2.42 bits per heavy atom. The van der Waals surface area contributed by atoms with Gasteiger partial charge in [-0.3, -0.25) is 9.59 Å². The fraction of sp³-hybridized carbons (Fsp3) is 0.167. The summed E-state index contributed by atoms with van der Waals surface area (Å²) in [6.07, 6.45) is 4.71. The van der Waals surface area contributed by atoms with Crippen LogP contribution >= 0.6 is 23.1 Å². The minimum atomic E-state index is -0.156. The van der Waals surface area contributed by atoms with Crippen molar-refractivity contribution in [1.82, 2.24) is 9.97 Å². The maximum Gasteiger partial charge on any atom is 0.260 e. The van der Waals surface area contributed by atoms with Crippen LogP contribution in [0.4, 0.5) is 0 Å². The van der Waals surface area contributed by atoms with Crippen molar-refractivity contribution in [1.29, 1.82) is 0 Å². The van der Waals surface area contributed by atoms with Gasteiger partial charge in [0.15, 0.2) is 10.9 Å². The van der Waals surface area contributed by atoms with Gasteiger partial charge in [0.2, 0.25) is 0 Å². The zero-order chi connectivity index (χ0) is 24.5. The maximum absolute atomic E-state index is 13.0. The highest BCUT2D eigenvalue weighted by Crippen LogP contribution is 2.34. The maximum atomic E-state index is 13.0. The molecule has 0 aliphatic heterocycles. The van der Waals surface area contributed by atoms with Crippen molar-refractivity contribution in [3.63, 3.8) is 0 Å². The van der Waals surface area contributed by atoms with Gasteiger partial charge in [-0.1, -0.05) is 84.6 Å². The number of rotatable bonds is 6. The summed E-state index contributed by atoms with van der Waals surface area (Å²) in [5.74, 6) is 0.214. The van der Waals surface area contributed by atoms with Gasteiger partial charge < -0.3 is 4.98 Å². The number of hydrogen-bond donors (Lipinski definition) is 1. The zero-order valence-electron chi connectivity index (χ0n) is 19.6. The lowest BCUT2D eigenvalue weighted by molar-refractivity contribution is 0.102. The number of H-pyrrole nitrogens is 1. The van der Waals surface area contributed by atoms with Crippen LogP contribution in [-0.2, 0) is 12.8 Å². The second-order valence-corrected chi connectivity index (χ2v) is 10.9. The molecule has 0 unspecified atom stereocenters. The van der Waals surface area contributed by atoms with E-state index in [1.165, 1.54) is 47.1 Å². The third-order valence-corrected chi connectivity index (χ3v) is 8.48. The first-order valence-corrected chi connectivity index (χ1v) is 14.0. The molecule has 178 valence electrons. The largest absolute Gasteiger partial charge is 0.301 e. The number of carbonyl (C=O) groups excluding carboxylic acids is 1. The molecule has 6 heteroatoms. The Bertz CT molecular complexity index is 1620. The molecule has 1 aliphatic carbocycles. The summed E-state index contributed by atoms with van der Waals surface area (Å²) in [6, 6.07) is 24.3. The van der Waals surface area contributed by atoms with Crippen LogP contribution in [0.5, 0.6) is 0 Å². The third kappa shape index (κ3) is 4.54. The number of aromatic nitrogens is 2. The Labute approximate surface area is 217 Å². The second kappa shape index (κ2) is 9.88. The fourth-order valence-corrected chi connectivity index (χ4v) is 6.57. The lowest BCUT2D eigenvalue weighted by Crippen LogP contribution is -2.10. The Hall–Kier alpha value is -3.48. The smallest absolute Gasteiger partial charge is 0.260 e. The molecule has 36 heavy (non-hydrogen) atoms. The number of aryl methyl sites for hydroxylation is 2. The molecule has 0 fully saturated rings. The van der Waals surface area contributed by atoms with E-state index in [0.717, 1.165) is 35.1 Å². The van der Waals surface area contributed by atoms with E-state index < -0.39 is 0 Å². The highest BCUT2D eigenvalue weighted by molar-refractivity contribution is 7.99. The molecule has 2 aromatic heterocycles. The minimum Gasteiger partial charge on any atom is -0.301 e. The summed E-state index contributed by atoms with van der Waals surface area (Å²) in [7, 11) is 0. The van der Waals surface area contributed by atoms with Gasteiger partial charge in [0.05, 0.1) is 11.1 Å². The predicted octanol–water partition coefficient (Wildman–Crippen LogP) is 7.17. The van der Waals surface area contributed by atoms with Crippen LogP contribution in [0.1, 0.15) is 34.3 Å². The number of nitrogens with zero attached hydrogens (tertiary/aromatic N) is 1. The molecule has 0 bridgehead atoms. The van der Waals surface area contributed by atoms with E-state index >= 15 is 0 Å². The lowest BCUT2D eigenvalue weighted by Gasteiger charge is -2.16. The number of hydrogen-bond acceptors (Lipinski definition) is 5. The van der Waals surface area contributed by atoms with E-state index in [1.807, 2.05) is 60.0 Å². The molecular formula is C30H24N2O2S2. The number of thioether (sulfide) groups is 1. The molecule has 3 aromatic carbocycles. The topological polar surface area (TPSA) is 62.8 Å². The number of nitrogens with one attached hydrogen (secondary N) is 1. The number of thiophene rings is 1. The van der Waals surface area contributed by atoms with E-state index in [-0.39, 0.29) is 17.1 Å². The number of Topliss-reactive ketones (excluding diaryl/α,β-unsaturated/α-hetero) is 1. The molecule has 1 N–H and O–H groups in total.